The molecule has 9 N–H and O–H groups in total. The Labute approximate surface area is 189 Å². The number of carbonyl (C=O) groups is 5. The minimum atomic E-state index is -1.53. The molecule has 0 aliphatic rings. The molecule has 182 valence electrons. The Morgan fingerprint density at radius 2 is 1.55 bits per heavy atom. The highest BCUT2D eigenvalue weighted by Crippen LogP contribution is 2.12. The van der Waals surface area contributed by atoms with Gasteiger partial charge in [-0.05, 0) is 31.0 Å². The summed E-state index contributed by atoms with van der Waals surface area (Å²) in [6, 6.07) is 1.66. The normalized spacial score (nSPS) is 14.3. The number of carbonyl (C=O) groups excluding carboxylic acids is 3. The van der Waals surface area contributed by atoms with Crippen LogP contribution in [0, 0.1) is 0 Å². The fraction of sp³-hybridized carbons (Fsp3) is 0.450. The number of hydrogen-bond donors (Lipinski definition) is 8. The third kappa shape index (κ3) is 9.97. The van der Waals surface area contributed by atoms with Crippen molar-refractivity contribution in [2.24, 2.45) is 5.73 Å². The first-order chi connectivity index (χ1) is 15.4. The number of aliphatic hydroxyl groups excluding tert-OH is 1. The summed E-state index contributed by atoms with van der Waals surface area (Å²) in [7, 11) is 0. The molecule has 1 aromatic rings. The molecular formula is C20H28N4O9. The van der Waals surface area contributed by atoms with Gasteiger partial charge in [-0.15, -0.1) is 0 Å². The molecule has 4 unspecified atom stereocenters. The van der Waals surface area contributed by atoms with Gasteiger partial charge in [0.15, 0.2) is 0 Å². The van der Waals surface area contributed by atoms with Gasteiger partial charge in [-0.1, -0.05) is 12.1 Å². The van der Waals surface area contributed by atoms with E-state index in [0.29, 0.717) is 5.56 Å². The number of carboxylic acids is 2. The molecule has 13 heteroatoms. The van der Waals surface area contributed by atoms with Crippen LogP contribution in [0.1, 0.15) is 25.3 Å². The number of aromatic hydroxyl groups is 1. The third-order valence-corrected chi connectivity index (χ3v) is 4.49. The topological polar surface area (TPSA) is 228 Å². The van der Waals surface area contributed by atoms with Crippen molar-refractivity contribution < 1.29 is 44.4 Å². The smallest absolute Gasteiger partial charge is 0.322 e. The second kappa shape index (κ2) is 13.0. The first kappa shape index (κ1) is 27.3. The van der Waals surface area contributed by atoms with Gasteiger partial charge in [-0.2, -0.15) is 0 Å². The molecule has 0 heterocycles. The van der Waals surface area contributed by atoms with E-state index in [9.17, 15) is 34.2 Å². The summed E-state index contributed by atoms with van der Waals surface area (Å²) in [4.78, 5) is 58.8. The van der Waals surface area contributed by atoms with Gasteiger partial charge in [-0.25, -0.2) is 0 Å². The van der Waals surface area contributed by atoms with Gasteiger partial charge in [0, 0.05) is 12.8 Å². The predicted octanol–water partition coefficient (Wildman–Crippen LogP) is -2.32. The lowest BCUT2D eigenvalue weighted by Gasteiger charge is -2.25. The number of phenols is 1. The van der Waals surface area contributed by atoms with E-state index >= 15 is 0 Å². The fourth-order valence-electron chi connectivity index (χ4n) is 2.70. The number of nitrogens with one attached hydrogen (secondary N) is 3. The van der Waals surface area contributed by atoms with Crippen LogP contribution in [0.2, 0.25) is 0 Å². The van der Waals surface area contributed by atoms with Crippen LogP contribution in [0.15, 0.2) is 24.3 Å². The highest BCUT2D eigenvalue weighted by molar-refractivity contribution is 5.94. The molecule has 0 aromatic heterocycles. The lowest BCUT2D eigenvalue weighted by atomic mass is 10.0. The maximum atomic E-state index is 12.7. The zero-order valence-corrected chi connectivity index (χ0v) is 17.9. The van der Waals surface area contributed by atoms with Crippen molar-refractivity contribution in [2.75, 3.05) is 6.54 Å². The predicted molar refractivity (Wildman–Crippen MR) is 113 cm³/mol. The molecule has 0 saturated carbocycles. The Hall–Kier alpha value is -3.71. The molecule has 1 aromatic carbocycles. The second-order valence-electron chi connectivity index (χ2n) is 7.31. The van der Waals surface area contributed by atoms with Gasteiger partial charge < -0.3 is 42.1 Å². The van der Waals surface area contributed by atoms with Crippen LogP contribution < -0.4 is 21.7 Å². The van der Waals surface area contributed by atoms with Crippen molar-refractivity contribution in [2.45, 2.75) is 50.4 Å². The minimum Gasteiger partial charge on any atom is -0.508 e. The summed E-state index contributed by atoms with van der Waals surface area (Å²) in [5.74, 6) is -5.13. The van der Waals surface area contributed by atoms with Gasteiger partial charge in [0.05, 0.1) is 12.1 Å². The van der Waals surface area contributed by atoms with E-state index in [0.717, 1.165) is 0 Å². The largest absolute Gasteiger partial charge is 0.508 e. The Kier molecular flexibility index (Phi) is 10.7. The van der Waals surface area contributed by atoms with Crippen LogP contribution in [-0.4, -0.2) is 80.9 Å². The SMILES string of the molecule is CC(O)C(NC(=O)C(N)CCC(=O)O)C(=O)NC(Cc1ccc(O)cc1)C(=O)NCC(=O)O. The molecule has 33 heavy (non-hydrogen) atoms. The van der Waals surface area contributed by atoms with E-state index in [1.165, 1.54) is 31.2 Å². The Balaban J connectivity index is 2.95. The lowest BCUT2D eigenvalue weighted by Crippen LogP contribution is -2.59. The standard InChI is InChI=1S/C20H28N4O9/c1-10(25)17(24-18(31)13(21)6-7-15(27)28)20(33)23-14(19(32)22-9-16(29)30)8-11-2-4-12(26)5-3-11/h2-5,10,13-14,17,25-26H,6-9,21H2,1H3,(H,22,32)(H,23,33)(H,24,31)(H,27,28)(H,29,30). The summed E-state index contributed by atoms with van der Waals surface area (Å²) >= 11 is 0. The highest BCUT2D eigenvalue weighted by atomic mass is 16.4. The van der Waals surface area contributed by atoms with E-state index in [2.05, 4.69) is 16.0 Å². The van der Waals surface area contributed by atoms with E-state index in [4.69, 9.17) is 15.9 Å². The molecule has 13 nitrogen and oxygen atoms in total. The van der Waals surface area contributed by atoms with Gasteiger partial charge in [0.25, 0.3) is 0 Å². The van der Waals surface area contributed by atoms with Crippen LogP contribution >= 0.6 is 0 Å². The molecule has 0 aliphatic carbocycles. The molecule has 4 atom stereocenters. The maximum absolute atomic E-state index is 12.7. The summed E-state index contributed by atoms with van der Waals surface area (Å²) in [6.45, 7) is 0.516. The quantitative estimate of drug-likeness (QED) is 0.154. The summed E-state index contributed by atoms with van der Waals surface area (Å²) in [6.07, 6.45) is -2.07. The molecule has 0 spiro atoms. The van der Waals surface area contributed by atoms with E-state index in [1.807, 2.05) is 0 Å². The van der Waals surface area contributed by atoms with Crippen molar-refractivity contribution >= 4 is 29.7 Å². The zero-order valence-electron chi connectivity index (χ0n) is 17.9. The van der Waals surface area contributed by atoms with Crippen molar-refractivity contribution in [1.82, 2.24) is 16.0 Å². The molecule has 0 aliphatic heterocycles. The molecule has 0 bridgehead atoms. The number of carboxylic acid groups (broad SMARTS) is 2. The zero-order chi connectivity index (χ0) is 25.1. The average Bonchev–Trinajstić information content (AvgIpc) is 2.74. The van der Waals surface area contributed by atoms with Crippen molar-refractivity contribution in [3.05, 3.63) is 29.8 Å². The van der Waals surface area contributed by atoms with Gasteiger partial charge in [-0.3, -0.25) is 24.0 Å². The van der Waals surface area contributed by atoms with Gasteiger partial charge in [0.2, 0.25) is 17.7 Å². The number of amides is 3. The maximum Gasteiger partial charge on any atom is 0.322 e. The second-order valence-corrected chi connectivity index (χ2v) is 7.31. The number of aliphatic carboxylic acids is 2. The molecule has 1 rings (SSSR count). The summed E-state index contributed by atoms with van der Waals surface area (Å²) < 4.78 is 0. The lowest BCUT2D eigenvalue weighted by molar-refractivity contribution is -0.139. The summed E-state index contributed by atoms with van der Waals surface area (Å²) in [5, 5.41) is 43.6. The highest BCUT2D eigenvalue weighted by Gasteiger charge is 2.31. The number of benzene rings is 1. The molecule has 0 saturated heterocycles. The number of rotatable bonds is 13. The van der Waals surface area contributed by atoms with Crippen LogP contribution in [0.5, 0.6) is 5.75 Å². The number of nitrogens with two attached hydrogens (primary N) is 1. The molecular weight excluding hydrogens is 440 g/mol. The summed E-state index contributed by atoms with van der Waals surface area (Å²) in [5.41, 5.74) is 6.14. The van der Waals surface area contributed by atoms with E-state index in [1.54, 1.807) is 0 Å². The molecule has 0 fully saturated rings. The van der Waals surface area contributed by atoms with Crippen LogP contribution in [-0.2, 0) is 30.4 Å². The van der Waals surface area contributed by atoms with Crippen LogP contribution in [0.25, 0.3) is 0 Å². The van der Waals surface area contributed by atoms with E-state index in [-0.39, 0.29) is 25.0 Å². The van der Waals surface area contributed by atoms with Gasteiger partial charge >= 0.3 is 11.9 Å². The Morgan fingerprint density at radius 1 is 0.939 bits per heavy atom. The molecule has 0 radical (unpaired) electrons. The fourth-order valence-corrected chi connectivity index (χ4v) is 2.70. The minimum absolute atomic E-state index is 0.0224. The van der Waals surface area contributed by atoms with Gasteiger partial charge in [0.1, 0.15) is 24.4 Å². The number of hydrogen-bond acceptors (Lipinski definition) is 8. The first-order valence-electron chi connectivity index (χ1n) is 9.94. The Bertz CT molecular complexity index is 858. The average molecular weight is 468 g/mol. The number of aliphatic hydroxyl groups is 1. The first-order valence-corrected chi connectivity index (χ1v) is 9.94. The van der Waals surface area contributed by atoms with E-state index < -0.39 is 60.4 Å². The van der Waals surface area contributed by atoms with Crippen LogP contribution in [0.4, 0.5) is 0 Å². The molecule has 3 amide bonds. The van der Waals surface area contributed by atoms with Crippen molar-refractivity contribution in [3.63, 3.8) is 0 Å². The van der Waals surface area contributed by atoms with Crippen molar-refractivity contribution in [3.8, 4) is 5.75 Å². The third-order valence-electron chi connectivity index (χ3n) is 4.49. The van der Waals surface area contributed by atoms with Crippen molar-refractivity contribution in [1.29, 1.82) is 0 Å². The number of phenolic OH excluding ortho intramolecular Hbond substituents is 1. The van der Waals surface area contributed by atoms with Crippen LogP contribution in [0.3, 0.4) is 0 Å². The Morgan fingerprint density at radius 3 is 2.06 bits per heavy atom. The monoisotopic (exact) mass is 468 g/mol.